The van der Waals surface area contributed by atoms with Crippen LogP contribution in [0, 0.1) is 0 Å². The van der Waals surface area contributed by atoms with Gasteiger partial charge in [-0.15, -0.1) is 0 Å². The van der Waals surface area contributed by atoms with Crippen molar-refractivity contribution in [2.24, 2.45) is 5.73 Å². The van der Waals surface area contributed by atoms with Crippen molar-refractivity contribution in [1.29, 1.82) is 0 Å². The lowest BCUT2D eigenvalue weighted by atomic mass is 10.2. The standard InChI is InChI=1S/C11H15NO4/c1-13-8-3-4-9-11(10(8)14-2)15-6-7(5-12)16-9/h3-4,7H,5-6,12H2,1-2H3. The number of hydrogen-bond acceptors (Lipinski definition) is 5. The maximum absolute atomic E-state index is 5.64. The van der Waals surface area contributed by atoms with Gasteiger partial charge in [0.1, 0.15) is 12.7 Å². The van der Waals surface area contributed by atoms with Crippen LogP contribution in [0.15, 0.2) is 12.1 Å². The molecule has 0 radical (unpaired) electrons. The van der Waals surface area contributed by atoms with Crippen molar-refractivity contribution in [2.75, 3.05) is 27.4 Å². The van der Waals surface area contributed by atoms with Gasteiger partial charge >= 0.3 is 0 Å². The summed E-state index contributed by atoms with van der Waals surface area (Å²) in [6.07, 6.45) is -0.106. The fourth-order valence-electron chi connectivity index (χ4n) is 1.62. The highest BCUT2D eigenvalue weighted by Crippen LogP contribution is 2.45. The van der Waals surface area contributed by atoms with Gasteiger partial charge in [-0.3, -0.25) is 0 Å². The molecular formula is C11H15NO4. The molecule has 1 atom stereocenters. The van der Waals surface area contributed by atoms with E-state index in [1.165, 1.54) is 0 Å². The maximum atomic E-state index is 5.64. The Labute approximate surface area is 94.0 Å². The van der Waals surface area contributed by atoms with Crippen molar-refractivity contribution >= 4 is 0 Å². The Morgan fingerprint density at radius 1 is 1.38 bits per heavy atom. The Morgan fingerprint density at radius 2 is 2.19 bits per heavy atom. The Bertz CT molecular complexity index is 380. The SMILES string of the molecule is COc1ccc2c(c1OC)OCC(CN)O2. The summed E-state index contributed by atoms with van der Waals surface area (Å²) in [5.41, 5.74) is 5.53. The number of methoxy groups -OCH3 is 2. The summed E-state index contributed by atoms with van der Waals surface area (Å²) in [6, 6.07) is 3.57. The van der Waals surface area contributed by atoms with Crippen molar-refractivity contribution < 1.29 is 18.9 Å². The third-order valence-electron chi connectivity index (χ3n) is 2.43. The number of fused-ring (bicyclic) bond motifs is 1. The lowest BCUT2D eigenvalue weighted by Crippen LogP contribution is -2.35. The topological polar surface area (TPSA) is 62.9 Å². The molecule has 2 N–H and O–H groups in total. The van der Waals surface area contributed by atoms with E-state index in [9.17, 15) is 0 Å². The molecule has 2 rings (SSSR count). The fourth-order valence-corrected chi connectivity index (χ4v) is 1.62. The lowest BCUT2D eigenvalue weighted by molar-refractivity contribution is 0.0927. The van der Waals surface area contributed by atoms with Crippen LogP contribution in [-0.4, -0.2) is 33.5 Å². The van der Waals surface area contributed by atoms with Gasteiger partial charge in [-0.2, -0.15) is 0 Å². The molecule has 1 aliphatic heterocycles. The Morgan fingerprint density at radius 3 is 2.81 bits per heavy atom. The second-order valence-electron chi connectivity index (χ2n) is 3.41. The molecule has 0 saturated carbocycles. The summed E-state index contributed by atoms with van der Waals surface area (Å²) in [5.74, 6) is 2.39. The van der Waals surface area contributed by atoms with E-state index >= 15 is 0 Å². The number of ether oxygens (including phenoxy) is 4. The van der Waals surface area contributed by atoms with Gasteiger partial charge < -0.3 is 24.7 Å². The Hall–Kier alpha value is -1.62. The molecule has 0 amide bonds. The van der Waals surface area contributed by atoms with Crippen molar-refractivity contribution in [2.45, 2.75) is 6.10 Å². The maximum Gasteiger partial charge on any atom is 0.207 e. The lowest BCUT2D eigenvalue weighted by Gasteiger charge is -2.27. The molecule has 0 saturated heterocycles. The Balaban J connectivity index is 2.38. The molecule has 0 aromatic heterocycles. The quantitative estimate of drug-likeness (QED) is 0.824. The zero-order valence-electron chi connectivity index (χ0n) is 9.36. The highest BCUT2D eigenvalue weighted by atomic mass is 16.6. The van der Waals surface area contributed by atoms with Gasteiger partial charge in [0.05, 0.1) is 14.2 Å². The van der Waals surface area contributed by atoms with Gasteiger partial charge in [0.25, 0.3) is 0 Å². The second-order valence-corrected chi connectivity index (χ2v) is 3.41. The van der Waals surface area contributed by atoms with Crippen LogP contribution < -0.4 is 24.7 Å². The predicted molar refractivity (Wildman–Crippen MR) is 58.5 cm³/mol. The molecule has 1 heterocycles. The molecule has 1 unspecified atom stereocenters. The number of benzene rings is 1. The van der Waals surface area contributed by atoms with Crippen LogP contribution in [0.2, 0.25) is 0 Å². The third kappa shape index (κ3) is 1.74. The zero-order chi connectivity index (χ0) is 11.5. The van der Waals surface area contributed by atoms with Crippen LogP contribution in [0.25, 0.3) is 0 Å². The van der Waals surface area contributed by atoms with Gasteiger partial charge in [-0.25, -0.2) is 0 Å². The summed E-state index contributed by atoms with van der Waals surface area (Å²) < 4.78 is 21.6. The predicted octanol–water partition coefficient (Wildman–Crippen LogP) is 0.802. The summed E-state index contributed by atoms with van der Waals surface area (Å²) in [5, 5.41) is 0. The van der Waals surface area contributed by atoms with E-state index in [1.807, 2.05) is 0 Å². The van der Waals surface area contributed by atoms with E-state index < -0.39 is 0 Å². The minimum atomic E-state index is -0.106. The molecule has 0 spiro atoms. The van der Waals surface area contributed by atoms with Crippen LogP contribution >= 0.6 is 0 Å². The fraction of sp³-hybridized carbons (Fsp3) is 0.455. The molecule has 5 nitrogen and oxygen atoms in total. The molecular weight excluding hydrogens is 210 g/mol. The molecule has 1 aromatic rings. The van der Waals surface area contributed by atoms with Gasteiger partial charge in [0, 0.05) is 6.54 Å². The van der Waals surface area contributed by atoms with Crippen molar-refractivity contribution in [3.05, 3.63) is 12.1 Å². The first-order valence-electron chi connectivity index (χ1n) is 5.04. The molecule has 1 aliphatic rings. The van der Waals surface area contributed by atoms with E-state index in [0.29, 0.717) is 36.1 Å². The molecule has 88 valence electrons. The first-order valence-corrected chi connectivity index (χ1v) is 5.04. The van der Waals surface area contributed by atoms with Crippen molar-refractivity contribution in [3.63, 3.8) is 0 Å². The number of hydrogen-bond donors (Lipinski definition) is 1. The summed E-state index contributed by atoms with van der Waals surface area (Å²) in [7, 11) is 3.15. The van der Waals surface area contributed by atoms with E-state index in [1.54, 1.807) is 26.4 Å². The van der Waals surface area contributed by atoms with E-state index in [2.05, 4.69) is 0 Å². The van der Waals surface area contributed by atoms with Gasteiger partial charge in [0.15, 0.2) is 11.5 Å². The first kappa shape index (κ1) is 10.9. The minimum absolute atomic E-state index is 0.106. The van der Waals surface area contributed by atoms with Crippen LogP contribution in [-0.2, 0) is 0 Å². The van der Waals surface area contributed by atoms with E-state index in [4.69, 9.17) is 24.7 Å². The van der Waals surface area contributed by atoms with Crippen LogP contribution in [0.4, 0.5) is 0 Å². The molecule has 5 heteroatoms. The summed E-state index contributed by atoms with van der Waals surface area (Å²) >= 11 is 0. The van der Waals surface area contributed by atoms with Crippen molar-refractivity contribution in [3.8, 4) is 23.0 Å². The average molecular weight is 225 g/mol. The molecule has 0 aliphatic carbocycles. The smallest absolute Gasteiger partial charge is 0.207 e. The number of rotatable bonds is 3. The highest BCUT2D eigenvalue weighted by Gasteiger charge is 2.25. The van der Waals surface area contributed by atoms with Gasteiger partial charge in [-0.05, 0) is 12.1 Å². The molecule has 16 heavy (non-hydrogen) atoms. The van der Waals surface area contributed by atoms with E-state index in [-0.39, 0.29) is 6.10 Å². The van der Waals surface area contributed by atoms with Gasteiger partial charge in [-0.1, -0.05) is 0 Å². The first-order chi connectivity index (χ1) is 7.80. The van der Waals surface area contributed by atoms with Crippen molar-refractivity contribution in [1.82, 2.24) is 0 Å². The summed E-state index contributed by atoms with van der Waals surface area (Å²) in [4.78, 5) is 0. The average Bonchev–Trinajstić information content (AvgIpc) is 2.36. The minimum Gasteiger partial charge on any atom is -0.493 e. The third-order valence-corrected chi connectivity index (χ3v) is 2.43. The van der Waals surface area contributed by atoms with Crippen LogP contribution in [0.1, 0.15) is 0 Å². The van der Waals surface area contributed by atoms with Crippen LogP contribution in [0.3, 0.4) is 0 Å². The monoisotopic (exact) mass is 225 g/mol. The largest absolute Gasteiger partial charge is 0.493 e. The number of nitrogens with two attached hydrogens (primary N) is 1. The van der Waals surface area contributed by atoms with Gasteiger partial charge in [0.2, 0.25) is 11.5 Å². The normalized spacial score (nSPS) is 18.1. The zero-order valence-corrected chi connectivity index (χ0v) is 9.36. The second kappa shape index (κ2) is 4.49. The van der Waals surface area contributed by atoms with E-state index in [0.717, 1.165) is 0 Å². The summed E-state index contributed by atoms with van der Waals surface area (Å²) in [6.45, 7) is 0.848. The molecule has 0 fully saturated rings. The molecule has 1 aromatic carbocycles. The Kier molecular flexibility index (Phi) is 3.05. The molecule has 0 bridgehead atoms. The highest BCUT2D eigenvalue weighted by molar-refractivity contribution is 5.59. The van der Waals surface area contributed by atoms with Crippen LogP contribution in [0.5, 0.6) is 23.0 Å².